The molecule has 0 fully saturated rings. The van der Waals surface area contributed by atoms with Crippen LogP contribution in [-0.2, 0) is 12.1 Å². The fourth-order valence-electron chi connectivity index (χ4n) is 5.61. The van der Waals surface area contributed by atoms with Crippen LogP contribution in [0.4, 0.5) is 0 Å². The van der Waals surface area contributed by atoms with E-state index in [1.807, 2.05) is 67.1 Å². The predicted molar refractivity (Wildman–Crippen MR) is 159 cm³/mol. The quantitative estimate of drug-likeness (QED) is 0.127. The maximum absolute atomic E-state index is 12.5. The lowest BCUT2D eigenvalue weighted by atomic mass is 9.77. The molecule has 0 N–H and O–H groups in total. The van der Waals surface area contributed by atoms with Gasteiger partial charge in [0.05, 0.1) is 38.3 Å². The van der Waals surface area contributed by atoms with E-state index in [0.717, 1.165) is 22.4 Å². The van der Waals surface area contributed by atoms with Gasteiger partial charge in [-0.1, -0.05) is 91.0 Å². The van der Waals surface area contributed by atoms with Crippen LogP contribution in [0.3, 0.4) is 0 Å². The molecule has 8 nitrogen and oxygen atoms in total. The number of ketones is 1. The van der Waals surface area contributed by atoms with Crippen LogP contribution in [-0.4, -0.2) is 39.3 Å². The Bertz CT molecular complexity index is 1810. The van der Waals surface area contributed by atoms with Gasteiger partial charge in [0.2, 0.25) is 0 Å². The first kappa shape index (κ1) is 26.5. The number of benzene rings is 4. The van der Waals surface area contributed by atoms with Crippen LogP contribution in [0.15, 0.2) is 116 Å². The highest BCUT2D eigenvalue weighted by Crippen LogP contribution is 2.41. The lowest BCUT2D eigenvalue weighted by molar-refractivity contribution is 0.105. The number of nitrogens with zero attached hydrogens (tertiary/aromatic N) is 5. The number of hydrogen-bond donors (Lipinski definition) is 0. The molecular weight excluding hydrogens is 526 g/mol. The molecule has 8 heteroatoms. The van der Waals surface area contributed by atoms with Crippen LogP contribution in [0.25, 0.3) is 10.9 Å². The van der Waals surface area contributed by atoms with Crippen molar-refractivity contribution in [2.75, 3.05) is 14.2 Å². The monoisotopic (exact) mass is 553 g/mol. The van der Waals surface area contributed by atoms with E-state index in [2.05, 4.69) is 46.1 Å². The Hall–Kier alpha value is -5.68. The first-order valence-electron chi connectivity index (χ1n) is 13.4. The van der Waals surface area contributed by atoms with E-state index in [4.69, 9.17) is 14.5 Å². The summed E-state index contributed by atoms with van der Waals surface area (Å²) in [6.07, 6.45) is 3.84. The number of nitriles is 1. The molecule has 0 radical (unpaired) electrons. The molecule has 0 aliphatic heterocycles. The number of hydrogen-bond acceptors (Lipinski definition) is 6. The molecule has 0 atom stereocenters. The molecule has 206 valence electrons. The summed E-state index contributed by atoms with van der Waals surface area (Å²) in [5.41, 5.74) is 3.93. The Labute approximate surface area is 243 Å². The Morgan fingerprint density at radius 1 is 0.833 bits per heavy atom. The molecule has 0 saturated carbocycles. The van der Waals surface area contributed by atoms with Crippen LogP contribution < -0.4 is 9.47 Å². The van der Waals surface area contributed by atoms with E-state index in [-0.39, 0.29) is 12.2 Å². The Morgan fingerprint density at radius 2 is 1.36 bits per heavy atom. The van der Waals surface area contributed by atoms with Gasteiger partial charge in [0.25, 0.3) is 5.78 Å². The van der Waals surface area contributed by atoms with Gasteiger partial charge < -0.3 is 14.0 Å². The number of methoxy groups -OCH3 is 2. The van der Waals surface area contributed by atoms with E-state index >= 15 is 0 Å². The Balaban J connectivity index is 1.53. The SMILES string of the molecule is COc1cc2c(C(=O)C#N)nn(Cc3cn(C(c4ccccc4)(c4ccccc4)c4ccccc4)cn3)c2cc1OC. The van der Waals surface area contributed by atoms with E-state index < -0.39 is 11.3 Å². The second kappa shape index (κ2) is 11.1. The molecule has 0 aliphatic rings. The predicted octanol–water partition coefficient (Wildman–Crippen LogP) is 5.84. The second-order valence-corrected chi connectivity index (χ2v) is 9.75. The van der Waals surface area contributed by atoms with Gasteiger partial charge in [-0.2, -0.15) is 10.4 Å². The van der Waals surface area contributed by atoms with Crippen molar-refractivity contribution in [1.29, 1.82) is 5.26 Å². The maximum atomic E-state index is 12.5. The molecule has 6 rings (SSSR count). The van der Waals surface area contributed by atoms with Crippen LogP contribution >= 0.6 is 0 Å². The van der Waals surface area contributed by atoms with E-state index in [1.165, 1.54) is 7.11 Å². The van der Waals surface area contributed by atoms with Gasteiger partial charge in [-0.3, -0.25) is 9.48 Å². The van der Waals surface area contributed by atoms with E-state index in [9.17, 15) is 10.1 Å². The van der Waals surface area contributed by atoms with Crippen LogP contribution in [0, 0.1) is 11.3 Å². The van der Waals surface area contributed by atoms with Crippen molar-refractivity contribution in [2.45, 2.75) is 12.1 Å². The highest BCUT2D eigenvalue weighted by Gasteiger charge is 2.38. The number of aromatic nitrogens is 4. The molecule has 4 aromatic carbocycles. The molecular formula is C34H27N5O3. The minimum absolute atomic E-state index is 0.0556. The summed E-state index contributed by atoms with van der Waals surface area (Å²) in [6.45, 7) is 0.256. The zero-order valence-electron chi connectivity index (χ0n) is 23.1. The van der Waals surface area contributed by atoms with Gasteiger partial charge in [0.1, 0.15) is 11.6 Å². The summed E-state index contributed by atoms with van der Waals surface area (Å²) < 4.78 is 14.7. The fraction of sp³-hybridized carbons (Fsp3) is 0.118. The molecule has 0 spiro atoms. The third-order valence-corrected chi connectivity index (χ3v) is 7.48. The van der Waals surface area contributed by atoms with Gasteiger partial charge in [-0.15, -0.1) is 0 Å². The summed E-state index contributed by atoms with van der Waals surface area (Å²) in [7, 11) is 3.06. The van der Waals surface area contributed by atoms with Gasteiger partial charge >= 0.3 is 0 Å². The summed E-state index contributed by atoms with van der Waals surface area (Å²) in [5.74, 6) is 0.204. The third-order valence-electron chi connectivity index (χ3n) is 7.48. The third kappa shape index (κ3) is 4.38. The normalized spacial score (nSPS) is 11.3. The smallest absolute Gasteiger partial charge is 0.282 e. The zero-order valence-corrected chi connectivity index (χ0v) is 23.1. The zero-order chi connectivity index (χ0) is 29.1. The number of fused-ring (bicyclic) bond motifs is 1. The van der Waals surface area contributed by atoms with Crippen molar-refractivity contribution in [1.82, 2.24) is 19.3 Å². The number of carbonyl (C=O) groups is 1. The Kier molecular flexibility index (Phi) is 6.99. The van der Waals surface area contributed by atoms with Crippen LogP contribution in [0.2, 0.25) is 0 Å². The summed E-state index contributed by atoms with van der Waals surface area (Å²) in [4.78, 5) is 17.3. The average Bonchev–Trinajstić information content (AvgIpc) is 3.66. The summed E-state index contributed by atoms with van der Waals surface area (Å²) in [6, 6.07) is 36.1. The van der Waals surface area contributed by atoms with Crippen LogP contribution in [0.5, 0.6) is 11.5 Å². The summed E-state index contributed by atoms with van der Waals surface area (Å²) in [5, 5.41) is 14.4. The first-order chi connectivity index (χ1) is 20.6. The number of ether oxygens (including phenoxy) is 2. The molecule has 0 saturated heterocycles. The van der Waals surface area contributed by atoms with Gasteiger partial charge in [-0.25, -0.2) is 4.98 Å². The number of carbonyl (C=O) groups excluding carboxylic acids is 1. The van der Waals surface area contributed by atoms with E-state index in [1.54, 1.807) is 30.0 Å². The highest BCUT2D eigenvalue weighted by molar-refractivity contribution is 6.14. The molecule has 6 aromatic rings. The van der Waals surface area contributed by atoms with Gasteiger partial charge in [0, 0.05) is 17.6 Å². The summed E-state index contributed by atoms with van der Waals surface area (Å²) >= 11 is 0. The maximum Gasteiger partial charge on any atom is 0.282 e. The Morgan fingerprint density at radius 3 is 1.86 bits per heavy atom. The molecule has 2 heterocycles. The van der Waals surface area contributed by atoms with Crippen molar-refractivity contribution in [3.05, 3.63) is 144 Å². The molecule has 2 aromatic heterocycles. The van der Waals surface area contributed by atoms with Crippen molar-refractivity contribution < 1.29 is 14.3 Å². The lowest BCUT2D eigenvalue weighted by Gasteiger charge is -2.37. The lowest BCUT2D eigenvalue weighted by Crippen LogP contribution is -2.36. The van der Waals surface area contributed by atoms with Crippen molar-refractivity contribution in [2.24, 2.45) is 0 Å². The molecule has 0 amide bonds. The standard InChI is InChI=1S/C34H27N5O3/c1-41-31-18-28-29(19-32(31)42-2)39(37-33(28)30(40)20-35)22-27-21-38(23-36-27)34(24-12-6-3-7-13-24,25-14-8-4-9-15-25)26-16-10-5-11-17-26/h3-19,21,23H,22H2,1-2H3. The number of Topliss-reactive ketones (excluding diaryl/α,β-unsaturated/α-hetero) is 1. The van der Waals surface area contributed by atoms with Gasteiger partial charge in [-0.05, 0) is 22.8 Å². The number of rotatable bonds is 9. The second-order valence-electron chi connectivity index (χ2n) is 9.75. The molecule has 0 bridgehead atoms. The fourth-order valence-corrected chi connectivity index (χ4v) is 5.61. The minimum Gasteiger partial charge on any atom is -0.493 e. The van der Waals surface area contributed by atoms with Crippen molar-refractivity contribution in [3.63, 3.8) is 0 Å². The molecule has 42 heavy (non-hydrogen) atoms. The van der Waals surface area contributed by atoms with Crippen molar-refractivity contribution in [3.8, 4) is 17.6 Å². The van der Waals surface area contributed by atoms with E-state index in [0.29, 0.717) is 22.4 Å². The van der Waals surface area contributed by atoms with Crippen LogP contribution in [0.1, 0.15) is 32.9 Å². The topological polar surface area (TPSA) is 95.0 Å². The highest BCUT2D eigenvalue weighted by atomic mass is 16.5. The van der Waals surface area contributed by atoms with Gasteiger partial charge in [0.15, 0.2) is 17.2 Å². The average molecular weight is 554 g/mol. The molecule has 0 unspecified atom stereocenters. The minimum atomic E-state index is -0.729. The molecule has 0 aliphatic carbocycles. The first-order valence-corrected chi connectivity index (χ1v) is 13.4. The van der Waals surface area contributed by atoms with Crippen molar-refractivity contribution >= 4 is 16.7 Å². The largest absolute Gasteiger partial charge is 0.493 e. The number of imidazole rings is 1.